The molecular weight excluding hydrogens is 294 g/mol. The summed E-state index contributed by atoms with van der Waals surface area (Å²) in [6.07, 6.45) is 1.17. The van der Waals surface area contributed by atoms with Crippen LogP contribution in [-0.2, 0) is 9.53 Å². The van der Waals surface area contributed by atoms with E-state index in [0.717, 1.165) is 23.9 Å². The molecule has 3 rings (SSSR count). The molecule has 1 N–H and O–H groups in total. The average molecular weight is 317 g/mol. The number of hydrogen-bond donors (Lipinski definition) is 1. The minimum absolute atomic E-state index is 0.0385. The molecule has 1 aliphatic heterocycles. The smallest absolute Gasteiger partial charge is 0.326 e. The Hall–Kier alpha value is -2.08. The molecule has 1 aliphatic rings. The van der Waals surface area contributed by atoms with E-state index in [4.69, 9.17) is 4.74 Å². The highest BCUT2D eigenvalue weighted by molar-refractivity contribution is 5.80. The molecule has 1 aromatic carbocycles. The number of rotatable bonds is 4. The van der Waals surface area contributed by atoms with E-state index in [1.807, 2.05) is 40.7 Å². The summed E-state index contributed by atoms with van der Waals surface area (Å²) < 4.78 is 7.22. The lowest BCUT2D eigenvalue weighted by molar-refractivity contribution is -0.143. The number of fused-ring (bicyclic) bond motifs is 1. The number of imidazole rings is 1. The summed E-state index contributed by atoms with van der Waals surface area (Å²) in [4.78, 5) is 29.3. The van der Waals surface area contributed by atoms with Crippen molar-refractivity contribution in [3.63, 3.8) is 0 Å². The van der Waals surface area contributed by atoms with Crippen molar-refractivity contribution in [2.45, 2.75) is 38.8 Å². The second-order valence-electron chi connectivity index (χ2n) is 5.97. The first kappa shape index (κ1) is 15.8. The lowest BCUT2D eigenvalue weighted by atomic mass is 10.0. The van der Waals surface area contributed by atoms with Crippen LogP contribution in [0.2, 0.25) is 0 Å². The predicted octanol–water partition coefficient (Wildman–Crippen LogP) is 1.92. The normalized spacial score (nSPS) is 17.6. The van der Waals surface area contributed by atoms with E-state index in [2.05, 4.69) is 4.98 Å². The number of aromatic nitrogens is 2. The lowest BCUT2D eigenvalue weighted by Gasteiger charge is -2.33. The highest BCUT2D eigenvalue weighted by Crippen LogP contribution is 2.25. The molecule has 0 spiro atoms. The summed E-state index contributed by atoms with van der Waals surface area (Å²) >= 11 is 0. The number of amides is 1. The minimum Gasteiger partial charge on any atom is -0.369 e. The maximum absolute atomic E-state index is 12.3. The van der Waals surface area contributed by atoms with Crippen molar-refractivity contribution in [1.82, 2.24) is 14.5 Å². The number of aromatic amines is 1. The Balaban J connectivity index is 1.72. The number of nitrogens with one attached hydrogen (secondary N) is 1. The monoisotopic (exact) mass is 317 g/mol. The Labute approximate surface area is 135 Å². The molecule has 1 unspecified atom stereocenters. The fraction of sp³-hybridized carbons (Fsp3) is 0.529. The Kier molecular flexibility index (Phi) is 4.52. The van der Waals surface area contributed by atoms with E-state index < -0.39 is 6.10 Å². The van der Waals surface area contributed by atoms with Crippen molar-refractivity contribution in [2.75, 3.05) is 19.7 Å². The Morgan fingerprint density at radius 1 is 1.35 bits per heavy atom. The van der Waals surface area contributed by atoms with Gasteiger partial charge in [0.15, 0.2) is 0 Å². The highest BCUT2D eigenvalue weighted by atomic mass is 16.5. The number of para-hydroxylation sites is 2. The van der Waals surface area contributed by atoms with Crippen LogP contribution in [0, 0.1) is 0 Å². The molecule has 1 aromatic heterocycles. The molecule has 124 valence electrons. The summed E-state index contributed by atoms with van der Waals surface area (Å²) in [5, 5.41) is 0. The predicted molar refractivity (Wildman–Crippen MR) is 88.5 cm³/mol. The molecule has 6 heteroatoms. The first-order chi connectivity index (χ1) is 11.1. The van der Waals surface area contributed by atoms with Gasteiger partial charge < -0.3 is 14.6 Å². The first-order valence-electron chi connectivity index (χ1n) is 8.21. The van der Waals surface area contributed by atoms with Gasteiger partial charge in [-0.15, -0.1) is 0 Å². The zero-order valence-electron chi connectivity index (χ0n) is 13.6. The lowest BCUT2D eigenvalue weighted by Crippen LogP contribution is -2.44. The van der Waals surface area contributed by atoms with E-state index in [1.165, 1.54) is 0 Å². The third-order valence-electron chi connectivity index (χ3n) is 4.53. The van der Waals surface area contributed by atoms with Crippen LogP contribution in [0.25, 0.3) is 11.0 Å². The number of likely N-dealkylation sites (tertiary alicyclic amines) is 1. The maximum Gasteiger partial charge on any atom is 0.326 e. The molecule has 2 heterocycles. The van der Waals surface area contributed by atoms with Gasteiger partial charge in [0, 0.05) is 25.7 Å². The molecule has 1 atom stereocenters. The fourth-order valence-electron chi connectivity index (χ4n) is 3.36. The van der Waals surface area contributed by atoms with Gasteiger partial charge in [-0.25, -0.2) is 4.79 Å². The van der Waals surface area contributed by atoms with Crippen molar-refractivity contribution in [3.05, 3.63) is 34.7 Å². The summed E-state index contributed by atoms with van der Waals surface area (Å²) in [6, 6.07) is 7.86. The number of hydrogen-bond acceptors (Lipinski definition) is 3. The first-order valence-corrected chi connectivity index (χ1v) is 8.21. The number of benzene rings is 1. The van der Waals surface area contributed by atoms with Crippen LogP contribution in [0.3, 0.4) is 0 Å². The van der Waals surface area contributed by atoms with Crippen molar-refractivity contribution >= 4 is 16.9 Å². The molecule has 0 aliphatic carbocycles. The third-order valence-corrected chi connectivity index (χ3v) is 4.53. The molecule has 1 fully saturated rings. The molecular formula is C17H23N3O3. The average Bonchev–Trinajstić information content (AvgIpc) is 2.90. The number of carbonyl (C=O) groups excluding carboxylic acids is 1. The number of piperidine rings is 1. The summed E-state index contributed by atoms with van der Waals surface area (Å²) in [6.45, 7) is 5.54. The number of nitrogens with zero attached hydrogens (tertiary/aromatic N) is 2. The summed E-state index contributed by atoms with van der Waals surface area (Å²) in [5.41, 5.74) is 1.73. The Bertz CT molecular complexity index is 741. The van der Waals surface area contributed by atoms with Gasteiger partial charge in [0.2, 0.25) is 0 Å². The third kappa shape index (κ3) is 3.03. The van der Waals surface area contributed by atoms with Gasteiger partial charge >= 0.3 is 5.69 Å². The van der Waals surface area contributed by atoms with Crippen molar-refractivity contribution in [2.24, 2.45) is 0 Å². The second-order valence-corrected chi connectivity index (χ2v) is 5.97. The Morgan fingerprint density at radius 3 is 2.74 bits per heavy atom. The van der Waals surface area contributed by atoms with E-state index in [0.29, 0.717) is 19.7 Å². The van der Waals surface area contributed by atoms with Crippen LogP contribution in [0.1, 0.15) is 32.7 Å². The Morgan fingerprint density at radius 2 is 2.04 bits per heavy atom. The zero-order chi connectivity index (χ0) is 16.4. The van der Waals surface area contributed by atoms with Crippen molar-refractivity contribution < 1.29 is 9.53 Å². The van der Waals surface area contributed by atoms with Gasteiger partial charge in [0.05, 0.1) is 11.0 Å². The largest absolute Gasteiger partial charge is 0.369 e. The van der Waals surface area contributed by atoms with Gasteiger partial charge in [-0.1, -0.05) is 12.1 Å². The van der Waals surface area contributed by atoms with Crippen LogP contribution in [0.15, 0.2) is 29.1 Å². The molecule has 0 bridgehead atoms. The molecule has 6 nitrogen and oxygen atoms in total. The summed E-state index contributed by atoms with van der Waals surface area (Å²) in [7, 11) is 0. The van der Waals surface area contributed by atoms with E-state index >= 15 is 0 Å². The standard InChI is InChI=1S/C17H23N3O3/c1-3-23-12(2)16(21)19-10-8-13(9-11-19)20-15-7-5-4-6-14(15)18-17(20)22/h4-7,12-13H,3,8-11H2,1-2H3,(H,18,22). The van der Waals surface area contributed by atoms with Gasteiger partial charge in [0.1, 0.15) is 6.10 Å². The van der Waals surface area contributed by atoms with Gasteiger partial charge in [0.25, 0.3) is 5.91 Å². The summed E-state index contributed by atoms with van der Waals surface area (Å²) in [5.74, 6) is 0.0385. The second kappa shape index (κ2) is 6.58. The van der Waals surface area contributed by atoms with Crippen LogP contribution in [0.4, 0.5) is 0 Å². The van der Waals surface area contributed by atoms with Crippen LogP contribution in [-0.4, -0.2) is 46.2 Å². The van der Waals surface area contributed by atoms with Gasteiger partial charge in [-0.3, -0.25) is 9.36 Å². The van der Waals surface area contributed by atoms with Crippen LogP contribution >= 0.6 is 0 Å². The topological polar surface area (TPSA) is 67.3 Å². The molecule has 1 amide bonds. The van der Waals surface area contributed by atoms with E-state index in [-0.39, 0.29) is 17.6 Å². The SMILES string of the molecule is CCOC(C)C(=O)N1CCC(n2c(=O)[nH]c3ccccc32)CC1. The highest BCUT2D eigenvalue weighted by Gasteiger charge is 2.28. The number of ether oxygens (including phenoxy) is 1. The molecule has 2 aromatic rings. The van der Waals surface area contributed by atoms with Crippen molar-refractivity contribution in [3.8, 4) is 0 Å². The van der Waals surface area contributed by atoms with E-state index in [1.54, 1.807) is 6.92 Å². The number of carbonyl (C=O) groups is 1. The van der Waals surface area contributed by atoms with Crippen molar-refractivity contribution in [1.29, 1.82) is 0 Å². The molecule has 0 radical (unpaired) electrons. The maximum atomic E-state index is 12.3. The fourth-order valence-corrected chi connectivity index (χ4v) is 3.36. The van der Waals surface area contributed by atoms with Gasteiger partial charge in [-0.2, -0.15) is 0 Å². The number of H-pyrrole nitrogens is 1. The van der Waals surface area contributed by atoms with E-state index in [9.17, 15) is 9.59 Å². The quantitative estimate of drug-likeness (QED) is 0.937. The van der Waals surface area contributed by atoms with Crippen LogP contribution < -0.4 is 5.69 Å². The van der Waals surface area contributed by atoms with Gasteiger partial charge in [-0.05, 0) is 38.8 Å². The minimum atomic E-state index is -0.396. The van der Waals surface area contributed by atoms with Crippen LogP contribution in [0.5, 0.6) is 0 Å². The zero-order valence-corrected chi connectivity index (χ0v) is 13.6. The molecule has 23 heavy (non-hydrogen) atoms. The molecule has 0 saturated carbocycles. The molecule has 1 saturated heterocycles.